The van der Waals surface area contributed by atoms with E-state index in [9.17, 15) is 13.2 Å². The van der Waals surface area contributed by atoms with E-state index in [4.69, 9.17) is 9.97 Å². The van der Waals surface area contributed by atoms with Crippen LogP contribution in [0.5, 0.6) is 0 Å². The minimum atomic E-state index is -0.908. The highest BCUT2D eigenvalue weighted by Crippen LogP contribution is 2.30. The summed E-state index contributed by atoms with van der Waals surface area (Å²) in [6.07, 6.45) is 3.71. The molecule has 0 saturated carbocycles. The summed E-state index contributed by atoms with van der Waals surface area (Å²) in [6, 6.07) is 8.93. The normalized spacial score (nSPS) is 18.8. The average molecular weight is 455 g/mol. The number of anilines is 3. The Labute approximate surface area is 190 Å². The van der Waals surface area contributed by atoms with Crippen molar-refractivity contribution in [2.24, 2.45) is 0 Å². The van der Waals surface area contributed by atoms with Gasteiger partial charge in [0.15, 0.2) is 23.3 Å². The highest BCUT2D eigenvalue weighted by atomic mass is 19.2. The van der Waals surface area contributed by atoms with E-state index in [1.807, 2.05) is 11.0 Å². The Balaban J connectivity index is 1.45. The monoisotopic (exact) mass is 454 g/mol. The first-order chi connectivity index (χ1) is 16.0. The Morgan fingerprint density at radius 1 is 0.848 bits per heavy atom. The van der Waals surface area contributed by atoms with Crippen LogP contribution in [0.2, 0.25) is 0 Å². The number of nitrogens with zero attached hydrogens (tertiary/aromatic N) is 6. The number of hydrogen-bond acceptors (Lipinski definition) is 6. The Bertz CT molecular complexity index is 1150. The fraction of sp³-hybridized carbons (Fsp3) is 0.375. The van der Waals surface area contributed by atoms with Crippen LogP contribution >= 0.6 is 0 Å². The maximum absolute atomic E-state index is 14.2. The minimum absolute atomic E-state index is 0.307. The van der Waals surface area contributed by atoms with Crippen LogP contribution in [-0.2, 0) is 0 Å². The number of rotatable bonds is 4. The second-order valence-corrected chi connectivity index (χ2v) is 8.51. The molecule has 172 valence electrons. The van der Waals surface area contributed by atoms with Crippen LogP contribution in [0.3, 0.4) is 0 Å². The zero-order chi connectivity index (χ0) is 22.9. The van der Waals surface area contributed by atoms with Crippen molar-refractivity contribution >= 4 is 17.6 Å². The second kappa shape index (κ2) is 8.88. The van der Waals surface area contributed by atoms with E-state index in [2.05, 4.69) is 21.7 Å². The molecular weight excluding hydrogens is 429 g/mol. The van der Waals surface area contributed by atoms with Gasteiger partial charge in [0.2, 0.25) is 5.95 Å². The van der Waals surface area contributed by atoms with Crippen molar-refractivity contribution in [3.05, 3.63) is 60.0 Å². The Kier molecular flexibility index (Phi) is 5.78. The molecular formula is C24H25F3N6. The van der Waals surface area contributed by atoms with Gasteiger partial charge in [0.1, 0.15) is 5.82 Å². The van der Waals surface area contributed by atoms with Gasteiger partial charge in [0, 0.05) is 56.6 Å². The van der Waals surface area contributed by atoms with Crippen molar-refractivity contribution in [2.45, 2.75) is 25.8 Å². The van der Waals surface area contributed by atoms with Gasteiger partial charge in [-0.05, 0) is 50.1 Å². The maximum Gasteiger partial charge on any atom is 0.228 e. The van der Waals surface area contributed by atoms with Crippen LogP contribution in [0.15, 0.2) is 42.6 Å². The molecule has 0 amide bonds. The molecule has 4 heterocycles. The van der Waals surface area contributed by atoms with E-state index >= 15 is 0 Å². The molecule has 2 saturated heterocycles. The lowest BCUT2D eigenvalue weighted by molar-refractivity contribution is 0.509. The molecule has 5 rings (SSSR count). The molecule has 2 aliphatic heterocycles. The number of aromatic nitrogens is 3. The maximum atomic E-state index is 14.2. The highest BCUT2D eigenvalue weighted by Gasteiger charge is 2.26. The van der Waals surface area contributed by atoms with E-state index in [-0.39, 0.29) is 5.82 Å². The van der Waals surface area contributed by atoms with Crippen LogP contribution in [0.25, 0.3) is 11.3 Å². The smallest absolute Gasteiger partial charge is 0.228 e. The van der Waals surface area contributed by atoms with E-state index in [0.717, 1.165) is 31.3 Å². The Morgan fingerprint density at radius 3 is 2.33 bits per heavy atom. The topological polar surface area (TPSA) is 48.4 Å². The molecule has 2 fully saturated rings. The van der Waals surface area contributed by atoms with E-state index in [0.29, 0.717) is 55.2 Å². The summed E-state index contributed by atoms with van der Waals surface area (Å²) in [5, 5.41) is 0. The van der Waals surface area contributed by atoms with E-state index in [1.165, 1.54) is 18.2 Å². The van der Waals surface area contributed by atoms with Gasteiger partial charge in [0.25, 0.3) is 0 Å². The molecule has 0 radical (unpaired) electrons. The Hall–Kier alpha value is -3.36. The molecule has 0 bridgehead atoms. The molecule has 1 atom stereocenters. The third-order valence-electron chi connectivity index (χ3n) is 6.37. The molecule has 3 aromatic rings. The number of piperazine rings is 1. The van der Waals surface area contributed by atoms with E-state index in [1.54, 1.807) is 12.3 Å². The average Bonchev–Trinajstić information content (AvgIpc) is 3.27. The fourth-order valence-corrected chi connectivity index (χ4v) is 4.50. The predicted molar refractivity (Wildman–Crippen MR) is 122 cm³/mol. The van der Waals surface area contributed by atoms with Crippen LogP contribution in [0, 0.1) is 17.5 Å². The zero-order valence-electron chi connectivity index (χ0n) is 18.4. The Morgan fingerprint density at radius 2 is 1.64 bits per heavy atom. The molecule has 1 aromatic carbocycles. The molecule has 2 aliphatic rings. The lowest BCUT2D eigenvalue weighted by atomic mass is 10.1. The van der Waals surface area contributed by atoms with Crippen LogP contribution in [0.1, 0.15) is 19.8 Å². The van der Waals surface area contributed by atoms with Crippen molar-refractivity contribution < 1.29 is 13.2 Å². The summed E-state index contributed by atoms with van der Waals surface area (Å²) in [4.78, 5) is 19.9. The standard InChI is InChI=1S/C24H25F3N6/c1-16-4-3-9-33(16)24-29-21(17-6-7-18(25)20(27)14-17)15-22(30-24)31-10-12-32(13-11-31)23-19(26)5-2-8-28-23/h2,5-8,14-16H,3-4,9-13H2,1H3. The van der Waals surface area contributed by atoms with Crippen molar-refractivity contribution in [1.29, 1.82) is 0 Å². The summed E-state index contributed by atoms with van der Waals surface area (Å²) in [5.74, 6) is -0.461. The van der Waals surface area contributed by atoms with Crippen molar-refractivity contribution in [3.8, 4) is 11.3 Å². The summed E-state index contributed by atoms with van der Waals surface area (Å²) < 4.78 is 41.6. The predicted octanol–water partition coefficient (Wildman–Crippen LogP) is 4.27. The van der Waals surface area contributed by atoms with Gasteiger partial charge >= 0.3 is 0 Å². The fourth-order valence-electron chi connectivity index (χ4n) is 4.50. The molecule has 9 heteroatoms. The van der Waals surface area contributed by atoms with Crippen LogP contribution < -0.4 is 14.7 Å². The third kappa shape index (κ3) is 4.31. The van der Waals surface area contributed by atoms with Gasteiger partial charge in [-0.3, -0.25) is 0 Å². The van der Waals surface area contributed by atoms with Gasteiger partial charge < -0.3 is 14.7 Å². The first-order valence-electron chi connectivity index (χ1n) is 11.2. The quantitative estimate of drug-likeness (QED) is 0.587. The van der Waals surface area contributed by atoms with Crippen molar-refractivity contribution in [3.63, 3.8) is 0 Å². The number of pyridine rings is 1. The lowest BCUT2D eigenvalue weighted by Crippen LogP contribution is -2.47. The van der Waals surface area contributed by atoms with Crippen LogP contribution in [0.4, 0.5) is 30.8 Å². The summed E-state index contributed by atoms with van der Waals surface area (Å²) >= 11 is 0. The molecule has 0 aliphatic carbocycles. The first kappa shape index (κ1) is 21.5. The van der Waals surface area contributed by atoms with Gasteiger partial charge in [-0.1, -0.05) is 0 Å². The summed E-state index contributed by atoms with van der Waals surface area (Å²) in [7, 11) is 0. The first-order valence-corrected chi connectivity index (χ1v) is 11.2. The molecule has 1 unspecified atom stereocenters. The van der Waals surface area contributed by atoms with Gasteiger partial charge in [-0.25, -0.2) is 23.1 Å². The molecule has 33 heavy (non-hydrogen) atoms. The van der Waals surface area contributed by atoms with Gasteiger partial charge in [-0.2, -0.15) is 4.98 Å². The van der Waals surface area contributed by atoms with Crippen molar-refractivity contribution in [1.82, 2.24) is 15.0 Å². The third-order valence-corrected chi connectivity index (χ3v) is 6.37. The summed E-state index contributed by atoms with van der Waals surface area (Å²) in [6.45, 7) is 5.43. The van der Waals surface area contributed by atoms with Crippen LogP contribution in [-0.4, -0.2) is 53.7 Å². The molecule has 2 aromatic heterocycles. The number of hydrogen-bond donors (Lipinski definition) is 0. The van der Waals surface area contributed by atoms with E-state index < -0.39 is 11.6 Å². The zero-order valence-corrected chi connectivity index (χ0v) is 18.4. The minimum Gasteiger partial charge on any atom is -0.353 e. The van der Waals surface area contributed by atoms with Crippen molar-refractivity contribution in [2.75, 3.05) is 47.4 Å². The van der Waals surface area contributed by atoms with Gasteiger partial charge in [-0.15, -0.1) is 0 Å². The summed E-state index contributed by atoms with van der Waals surface area (Å²) in [5.41, 5.74) is 1.05. The molecule has 0 spiro atoms. The lowest BCUT2D eigenvalue weighted by Gasteiger charge is -2.36. The van der Waals surface area contributed by atoms with Gasteiger partial charge in [0.05, 0.1) is 5.69 Å². The second-order valence-electron chi connectivity index (χ2n) is 8.51. The molecule has 0 N–H and O–H groups in total. The molecule has 6 nitrogen and oxygen atoms in total. The SMILES string of the molecule is CC1CCCN1c1nc(-c2ccc(F)c(F)c2)cc(N2CCN(c3ncccc3F)CC2)n1. The highest BCUT2D eigenvalue weighted by molar-refractivity contribution is 5.65. The number of halogens is 3. The number of benzene rings is 1. The largest absolute Gasteiger partial charge is 0.353 e.